The van der Waals surface area contributed by atoms with Gasteiger partial charge in [-0.25, -0.2) is 0 Å². The Morgan fingerprint density at radius 1 is 1.32 bits per heavy atom. The zero-order valence-electron chi connectivity index (χ0n) is 10.1. The highest BCUT2D eigenvalue weighted by molar-refractivity contribution is 5.54. The first kappa shape index (κ1) is 13.4. The van der Waals surface area contributed by atoms with Crippen LogP contribution in [0, 0.1) is 0 Å². The van der Waals surface area contributed by atoms with Crippen molar-refractivity contribution in [3.8, 4) is 17.2 Å². The average Bonchev–Trinajstić information content (AvgIpc) is 2.87. The van der Waals surface area contributed by atoms with E-state index in [-0.39, 0.29) is 17.5 Å². The molecule has 2 aromatic rings. The van der Waals surface area contributed by atoms with Gasteiger partial charge in [0, 0.05) is 5.56 Å². The first-order valence-electron chi connectivity index (χ1n) is 5.67. The van der Waals surface area contributed by atoms with E-state index in [4.69, 9.17) is 4.52 Å². The third-order valence-corrected chi connectivity index (χ3v) is 2.45. The second-order valence-corrected chi connectivity index (χ2v) is 3.78. The number of hydrogen-bond acceptors (Lipinski definition) is 5. The first-order chi connectivity index (χ1) is 9.10. The van der Waals surface area contributed by atoms with Crippen LogP contribution >= 0.6 is 0 Å². The van der Waals surface area contributed by atoms with Crippen molar-refractivity contribution in [2.45, 2.75) is 26.1 Å². The lowest BCUT2D eigenvalue weighted by Gasteiger charge is -2.03. The maximum absolute atomic E-state index is 12.0. The Labute approximate surface area is 107 Å². The summed E-state index contributed by atoms with van der Waals surface area (Å²) < 4.78 is 33.2. The van der Waals surface area contributed by atoms with E-state index in [9.17, 15) is 13.9 Å². The number of halogens is 2. The third kappa shape index (κ3) is 3.25. The lowest BCUT2D eigenvalue weighted by Crippen LogP contribution is -2.01. The molecule has 0 aliphatic heterocycles. The molecule has 0 spiro atoms. The smallest absolute Gasteiger partial charge is 0.387 e. The van der Waals surface area contributed by atoms with Gasteiger partial charge in [-0.3, -0.25) is 0 Å². The molecule has 102 valence electrons. The van der Waals surface area contributed by atoms with E-state index in [2.05, 4.69) is 14.9 Å². The van der Waals surface area contributed by atoms with E-state index in [1.54, 1.807) is 6.92 Å². The van der Waals surface area contributed by atoms with Crippen molar-refractivity contribution >= 4 is 0 Å². The van der Waals surface area contributed by atoms with Crippen molar-refractivity contribution in [3.05, 3.63) is 30.1 Å². The molecule has 0 fully saturated rings. The summed E-state index contributed by atoms with van der Waals surface area (Å²) in [5.74, 6) is 0.462. The van der Waals surface area contributed by atoms with Crippen LogP contribution < -0.4 is 4.74 Å². The summed E-state index contributed by atoms with van der Waals surface area (Å²) in [5.41, 5.74) is 0.559. The summed E-state index contributed by atoms with van der Waals surface area (Å²) in [6.45, 7) is -1.07. The molecule has 1 aromatic heterocycles. The number of hydrogen-bond donors (Lipinski definition) is 1. The Morgan fingerprint density at radius 3 is 2.58 bits per heavy atom. The number of benzene rings is 1. The number of aliphatic hydroxyl groups is 1. The molecular weight excluding hydrogens is 258 g/mol. The number of aromatic nitrogens is 2. The quantitative estimate of drug-likeness (QED) is 0.904. The lowest BCUT2D eigenvalue weighted by molar-refractivity contribution is -0.0498. The summed E-state index contributed by atoms with van der Waals surface area (Å²) in [4.78, 5) is 4.03. The molecule has 5 nitrogen and oxygen atoms in total. The molecule has 1 N–H and O–H groups in total. The highest BCUT2D eigenvalue weighted by Gasteiger charge is 2.15. The van der Waals surface area contributed by atoms with Gasteiger partial charge in [0.2, 0.25) is 5.82 Å². The van der Waals surface area contributed by atoms with Crippen LogP contribution in [0.4, 0.5) is 8.78 Å². The van der Waals surface area contributed by atoms with Crippen LogP contribution in [0.3, 0.4) is 0 Å². The Kier molecular flexibility index (Phi) is 4.06. The fraction of sp³-hybridized carbons (Fsp3) is 0.333. The van der Waals surface area contributed by atoms with Gasteiger partial charge < -0.3 is 14.4 Å². The zero-order valence-corrected chi connectivity index (χ0v) is 10.1. The largest absolute Gasteiger partial charge is 0.435 e. The molecule has 0 saturated heterocycles. The van der Waals surface area contributed by atoms with Crippen LogP contribution in [0.15, 0.2) is 28.8 Å². The molecule has 0 amide bonds. The standard InChI is InChI=1S/C12H12F2N2O3/c1-2-9(17)10-15-11(19-16-10)7-3-5-8(6-4-7)18-12(13)14/h3-6,9,12,17H,2H2,1H3. The number of nitrogens with zero attached hydrogens (tertiary/aromatic N) is 2. The molecule has 1 atom stereocenters. The van der Waals surface area contributed by atoms with Gasteiger partial charge in [-0.2, -0.15) is 13.8 Å². The van der Waals surface area contributed by atoms with Crippen molar-refractivity contribution in [1.29, 1.82) is 0 Å². The van der Waals surface area contributed by atoms with Gasteiger partial charge in [0.1, 0.15) is 11.9 Å². The van der Waals surface area contributed by atoms with Gasteiger partial charge in [-0.05, 0) is 30.7 Å². The SMILES string of the molecule is CCC(O)c1noc(-c2ccc(OC(F)F)cc2)n1. The van der Waals surface area contributed by atoms with Crippen LogP contribution in [-0.4, -0.2) is 21.9 Å². The van der Waals surface area contributed by atoms with Gasteiger partial charge in [0.05, 0.1) is 0 Å². The molecule has 1 unspecified atom stereocenters. The van der Waals surface area contributed by atoms with Crippen LogP contribution in [0.2, 0.25) is 0 Å². The minimum Gasteiger partial charge on any atom is -0.435 e. The minimum atomic E-state index is -2.86. The van der Waals surface area contributed by atoms with E-state index >= 15 is 0 Å². The molecule has 0 bridgehead atoms. The second-order valence-electron chi connectivity index (χ2n) is 3.78. The Hall–Kier alpha value is -2.02. The molecule has 0 radical (unpaired) electrons. The maximum Gasteiger partial charge on any atom is 0.387 e. The van der Waals surface area contributed by atoms with E-state index in [1.807, 2.05) is 0 Å². The van der Waals surface area contributed by atoms with Crippen molar-refractivity contribution in [2.24, 2.45) is 0 Å². The fourth-order valence-electron chi connectivity index (χ4n) is 1.45. The summed E-state index contributed by atoms with van der Waals surface area (Å²) in [6, 6.07) is 5.80. The van der Waals surface area contributed by atoms with E-state index < -0.39 is 12.7 Å². The van der Waals surface area contributed by atoms with Crippen LogP contribution in [-0.2, 0) is 0 Å². The monoisotopic (exact) mass is 270 g/mol. The van der Waals surface area contributed by atoms with Gasteiger partial charge >= 0.3 is 6.61 Å². The molecule has 0 saturated carbocycles. The van der Waals surface area contributed by atoms with Crippen molar-refractivity contribution in [3.63, 3.8) is 0 Å². The molecule has 0 aliphatic carbocycles. The van der Waals surface area contributed by atoms with Crippen LogP contribution in [0.1, 0.15) is 25.3 Å². The zero-order chi connectivity index (χ0) is 13.8. The molecule has 1 heterocycles. The first-order valence-corrected chi connectivity index (χ1v) is 5.67. The summed E-state index contributed by atoms with van der Waals surface area (Å²) in [7, 11) is 0. The number of rotatable bonds is 5. The Bertz CT molecular complexity index is 528. The van der Waals surface area contributed by atoms with Crippen molar-refractivity contribution in [2.75, 3.05) is 0 Å². The van der Waals surface area contributed by atoms with Gasteiger partial charge in [-0.15, -0.1) is 0 Å². The Morgan fingerprint density at radius 2 is 2.00 bits per heavy atom. The molecule has 2 rings (SSSR count). The summed E-state index contributed by atoms with van der Waals surface area (Å²) in [6.07, 6.45) is -0.306. The van der Waals surface area contributed by atoms with E-state index in [0.29, 0.717) is 12.0 Å². The van der Waals surface area contributed by atoms with E-state index in [1.165, 1.54) is 24.3 Å². The number of ether oxygens (including phenoxy) is 1. The lowest BCUT2D eigenvalue weighted by atomic mass is 10.2. The fourth-order valence-corrected chi connectivity index (χ4v) is 1.45. The molecular formula is C12H12F2N2O3. The third-order valence-electron chi connectivity index (χ3n) is 2.45. The summed E-state index contributed by atoms with van der Waals surface area (Å²) >= 11 is 0. The molecule has 1 aromatic carbocycles. The molecule has 7 heteroatoms. The molecule has 19 heavy (non-hydrogen) atoms. The average molecular weight is 270 g/mol. The topological polar surface area (TPSA) is 68.4 Å². The van der Waals surface area contributed by atoms with Gasteiger partial charge in [-0.1, -0.05) is 12.1 Å². The Balaban J connectivity index is 2.15. The number of alkyl halides is 2. The van der Waals surface area contributed by atoms with Crippen LogP contribution in [0.25, 0.3) is 11.5 Å². The number of aliphatic hydroxyl groups excluding tert-OH is 1. The van der Waals surface area contributed by atoms with Crippen LogP contribution in [0.5, 0.6) is 5.75 Å². The maximum atomic E-state index is 12.0. The highest BCUT2D eigenvalue weighted by Crippen LogP contribution is 2.23. The van der Waals surface area contributed by atoms with Crippen molar-refractivity contribution < 1.29 is 23.1 Å². The predicted molar refractivity (Wildman–Crippen MR) is 61.6 cm³/mol. The predicted octanol–water partition coefficient (Wildman–Crippen LogP) is 2.78. The highest BCUT2D eigenvalue weighted by atomic mass is 19.3. The second kappa shape index (κ2) is 5.75. The van der Waals surface area contributed by atoms with Gasteiger partial charge in [0.25, 0.3) is 5.89 Å². The van der Waals surface area contributed by atoms with E-state index in [0.717, 1.165) is 0 Å². The minimum absolute atomic E-state index is 0.0482. The van der Waals surface area contributed by atoms with Gasteiger partial charge in [0.15, 0.2) is 0 Å². The summed E-state index contributed by atoms with van der Waals surface area (Å²) in [5, 5.41) is 13.2. The molecule has 0 aliphatic rings. The van der Waals surface area contributed by atoms with Crippen molar-refractivity contribution in [1.82, 2.24) is 10.1 Å². The normalized spacial score (nSPS) is 12.7.